The Kier molecular flexibility index (Phi) is 12.6. The topological polar surface area (TPSA) is 72.3 Å². The monoisotopic (exact) mass is 1110 g/mol. The lowest BCUT2D eigenvalue weighted by molar-refractivity contribution is -0.137. The molecule has 0 saturated carbocycles. The van der Waals surface area contributed by atoms with Gasteiger partial charge in [0.15, 0.2) is 17.5 Å². The molecule has 0 saturated heterocycles. The van der Waals surface area contributed by atoms with Crippen molar-refractivity contribution in [3.8, 4) is 107 Å². The van der Waals surface area contributed by atoms with Gasteiger partial charge in [0.25, 0.3) is 0 Å². The third-order valence-electron chi connectivity index (χ3n) is 16.2. The largest absolute Gasteiger partial charge is 0.416 e. The van der Waals surface area contributed by atoms with Gasteiger partial charge in [0.1, 0.15) is 0 Å². The first-order chi connectivity index (χ1) is 42.2. The summed E-state index contributed by atoms with van der Waals surface area (Å²) in [4.78, 5) is 15.9. The fourth-order valence-corrected chi connectivity index (χ4v) is 12.1. The van der Waals surface area contributed by atoms with E-state index in [1.807, 2.05) is 156 Å². The molecule has 3 heterocycles. The third-order valence-corrected chi connectivity index (χ3v) is 16.2. The molecule has 6 nitrogen and oxygen atoms in total. The number of halogens is 3. The second-order valence-electron chi connectivity index (χ2n) is 21.4. The summed E-state index contributed by atoms with van der Waals surface area (Å²) in [6.07, 6.45) is -4.72. The van der Waals surface area contributed by atoms with Gasteiger partial charge in [0.05, 0.1) is 50.6 Å². The minimum atomic E-state index is -4.72. The van der Waals surface area contributed by atoms with Crippen LogP contribution >= 0.6 is 0 Å². The molecule has 86 heavy (non-hydrogen) atoms. The molecule has 0 spiro atoms. The Balaban J connectivity index is 1.02. The molecule has 0 N–H and O–H groups in total. The highest BCUT2D eigenvalue weighted by Crippen LogP contribution is 2.44. The highest BCUT2D eigenvalue weighted by molar-refractivity contribution is 6.13. The number of nitrogens with zero attached hydrogens (tertiary/aromatic N) is 6. The Bertz CT molecular complexity index is 4950. The number of hydrogen-bond acceptors (Lipinski definition) is 4. The van der Waals surface area contributed by atoms with Crippen LogP contribution in [0.2, 0.25) is 0 Å². The van der Waals surface area contributed by atoms with Crippen molar-refractivity contribution in [3.05, 3.63) is 296 Å². The van der Waals surface area contributed by atoms with Crippen molar-refractivity contribution in [1.29, 1.82) is 5.26 Å². The number of rotatable bonds is 10. The summed E-state index contributed by atoms with van der Waals surface area (Å²) in [5.41, 5.74) is 15.5. The van der Waals surface area contributed by atoms with Gasteiger partial charge in [0, 0.05) is 38.2 Å². The molecule has 0 fully saturated rings. The lowest BCUT2D eigenvalue weighted by Crippen LogP contribution is -2.09. The summed E-state index contributed by atoms with van der Waals surface area (Å²) in [5, 5.41) is 14.0. The van der Waals surface area contributed by atoms with Crippen molar-refractivity contribution in [2.45, 2.75) is 6.18 Å². The standard InChI is InChI=1S/C77H47F3N6/c78-77(79,80)61-34-40-73(86-70-37-31-58(52-22-10-3-11-23-52)44-64(70)65-45-59(32-38-71(65)86)53-24-12-4-13-25-53)67(47-61)76-83-74(54-26-14-5-15-27-54)82-75(84-76)66-46-60(55-28-16-17-49(41-55)48-81)33-39-72(66)85-68-35-29-56(50-18-6-1-7-19-50)42-62(68)63-43-57(30-36-69(63)85)51-20-8-2-9-21-51/h1-47H. The maximum absolute atomic E-state index is 15.4. The molecule has 0 aliphatic heterocycles. The van der Waals surface area contributed by atoms with Crippen molar-refractivity contribution in [1.82, 2.24) is 24.1 Å². The van der Waals surface area contributed by atoms with Crippen LogP contribution in [0.3, 0.4) is 0 Å². The van der Waals surface area contributed by atoms with E-state index in [4.69, 9.17) is 15.0 Å². The number of nitriles is 1. The minimum Gasteiger partial charge on any atom is -0.309 e. The summed E-state index contributed by atoms with van der Waals surface area (Å²) in [6, 6.07) is 95.6. The number of hydrogen-bond donors (Lipinski definition) is 0. The van der Waals surface area contributed by atoms with Crippen LogP contribution in [0.4, 0.5) is 13.2 Å². The summed E-state index contributed by atoms with van der Waals surface area (Å²) < 4.78 is 50.6. The van der Waals surface area contributed by atoms with Gasteiger partial charge in [-0.05, 0) is 147 Å². The summed E-state index contributed by atoms with van der Waals surface area (Å²) in [7, 11) is 0. The van der Waals surface area contributed by atoms with Crippen molar-refractivity contribution < 1.29 is 13.2 Å². The van der Waals surface area contributed by atoms with Gasteiger partial charge in [0.2, 0.25) is 0 Å². The number of alkyl halides is 3. The lowest BCUT2D eigenvalue weighted by Gasteiger charge is -2.18. The van der Waals surface area contributed by atoms with E-state index in [1.165, 1.54) is 6.07 Å². The number of benzene rings is 12. The zero-order valence-corrected chi connectivity index (χ0v) is 46.0. The normalized spacial score (nSPS) is 11.7. The zero-order valence-electron chi connectivity index (χ0n) is 46.0. The molecule has 0 aliphatic carbocycles. The Morgan fingerprint density at radius 1 is 0.291 bits per heavy atom. The quantitative estimate of drug-likeness (QED) is 0.137. The Labute approximate surface area is 493 Å². The highest BCUT2D eigenvalue weighted by atomic mass is 19.4. The first-order valence-electron chi connectivity index (χ1n) is 28.3. The molecule has 9 heteroatoms. The highest BCUT2D eigenvalue weighted by Gasteiger charge is 2.33. The summed E-state index contributed by atoms with van der Waals surface area (Å²) in [6.45, 7) is 0. The van der Waals surface area contributed by atoms with E-state index in [0.717, 1.165) is 111 Å². The Hall–Kier alpha value is -11.5. The molecule has 0 radical (unpaired) electrons. The minimum absolute atomic E-state index is 0.0387. The van der Waals surface area contributed by atoms with Crippen LogP contribution in [-0.4, -0.2) is 24.1 Å². The second-order valence-corrected chi connectivity index (χ2v) is 21.4. The SMILES string of the molecule is N#Cc1cccc(-c2ccc(-n3c4ccc(-c5ccccc5)cc4c4cc(-c5ccccc5)ccc43)c(-c3nc(-c4ccccc4)nc(-c4cc(C(F)(F)F)ccc4-n4c5ccc(-c6ccccc6)cc5c5cc(-c6ccccc6)ccc54)n3)c2)c1. The molecule has 0 atom stereocenters. The van der Waals surface area contributed by atoms with E-state index < -0.39 is 11.7 Å². The lowest BCUT2D eigenvalue weighted by atomic mass is 9.99. The molecule has 0 amide bonds. The van der Waals surface area contributed by atoms with E-state index in [0.29, 0.717) is 22.4 Å². The first kappa shape index (κ1) is 51.4. The molecule has 12 aromatic carbocycles. The van der Waals surface area contributed by atoms with Crippen LogP contribution in [-0.2, 0) is 6.18 Å². The van der Waals surface area contributed by atoms with Gasteiger partial charge < -0.3 is 9.13 Å². The molecule has 0 aliphatic rings. The van der Waals surface area contributed by atoms with Crippen LogP contribution in [0.15, 0.2) is 285 Å². The fraction of sp³-hybridized carbons (Fsp3) is 0.0130. The van der Waals surface area contributed by atoms with Gasteiger partial charge >= 0.3 is 6.18 Å². The smallest absolute Gasteiger partial charge is 0.309 e. The predicted molar refractivity (Wildman–Crippen MR) is 342 cm³/mol. The second kappa shape index (κ2) is 21.1. The molecule has 0 bridgehead atoms. The third kappa shape index (κ3) is 9.23. The Morgan fingerprint density at radius 3 is 1.01 bits per heavy atom. The van der Waals surface area contributed by atoms with E-state index >= 15 is 13.2 Å². The maximum Gasteiger partial charge on any atom is 0.416 e. The maximum atomic E-state index is 15.4. The van der Waals surface area contributed by atoms with E-state index in [9.17, 15) is 5.26 Å². The van der Waals surface area contributed by atoms with Gasteiger partial charge in [-0.1, -0.05) is 194 Å². The van der Waals surface area contributed by atoms with Crippen LogP contribution < -0.4 is 0 Å². The summed E-state index contributed by atoms with van der Waals surface area (Å²) >= 11 is 0. The zero-order chi connectivity index (χ0) is 57.9. The molecule has 15 aromatic rings. The predicted octanol–water partition coefficient (Wildman–Crippen LogP) is 20.3. The van der Waals surface area contributed by atoms with Gasteiger partial charge in [-0.15, -0.1) is 0 Å². The first-order valence-corrected chi connectivity index (χ1v) is 28.3. The van der Waals surface area contributed by atoms with Crippen molar-refractivity contribution >= 4 is 43.6 Å². The molecule has 3 aromatic heterocycles. The van der Waals surface area contributed by atoms with Crippen LogP contribution in [0, 0.1) is 11.3 Å². The van der Waals surface area contributed by atoms with E-state index in [1.54, 1.807) is 12.1 Å². The van der Waals surface area contributed by atoms with Crippen molar-refractivity contribution in [2.24, 2.45) is 0 Å². The van der Waals surface area contributed by atoms with E-state index in [-0.39, 0.29) is 23.0 Å². The fourth-order valence-electron chi connectivity index (χ4n) is 12.1. The molecular formula is C77H47F3N6. The van der Waals surface area contributed by atoms with Crippen molar-refractivity contribution in [3.63, 3.8) is 0 Å². The average molecular weight is 1110 g/mol. The van der Waals surface area contributed by atoms with E-state index in [2.05, 4.69) is 120 Å². The number of aromatic nitrogens is 5. The van der Waals surface area contributed by atoms with Crippen molar-refractivity contribution in [2.75, 3.05) is 0 Å². The van der Waals surface area contributed by atoms with Crippen LogP contribution in [0.1, 0.15) is 11.1 Å². The molecule has 0 unspecified atom stereocenters. The summed E-state index contributed by atoms with van der Waals surface area (Å²) in [5.74, 6) is 0.530. The van der Waals surface area contributed by atoms with Gasteiger partial charge in [-0.3, -0.25) is 0 Å². The molecule has 406 valence electrons. The molecule has 15 rings (SSSR count). The Morgan fingerprint density at radius 2 is 0.616 bits per heavy atom. The number of fused-ring (bicyclic) bond motifs is 6. The van der Waals surface area contributed by atoms with Crippen LogP contribution in [0.25, 0.3) is 145 Å². The average Bonchev–Trinajstić information content (AvgIpc) is 1.68. The van der Waals surface area contributed by atoms with Crippen LogP contribution in [0.5, 0.6) is 0 Å². The van der Waals surface area contributed by atoms with Gasteiger partial charge in [-0.25, -0.2) is 15.0 Å². The molecular weight excluding hydrogens is 1070 g/mol. The van der Waals surface area contributed by atoms with Gasteiger partial charge in [-0.2, -0.15) is 18.4 Å².